The first-order valence-corrected chi connectivity index (χ1v) is 11.0. The lowest BCUT2D eigenvalue weighted by atomic mass is 10.1. The van der Waals surface area contributed by atoms with Gasteiger partial charge in [-0.25, -0.2) is 12.7 Å². The molecule has 0 aliphatic carbocycles. The van der Waals surface area contributed by atoms with Gasteiger partial charge < -0.3 is 9.73 Å². The van der Waals surface area contributed by atoms with Gasteiger partial charge in [0.2, 0.25) is 0 Å². The van der Waals surface area contributed by atoms with Crippen molar-refractivity contribution in [2.24, 2.45) is 0 Å². The highest BCUT2D eigenvalue weighted by Crippen LogP contribution is 2.26. The summed E-state index contributed by atoms with van der Waals surface area (Å²) < 4.78 is 32.2. The maximum atomic E-state index is 13.2. The van der Waals surface area contributed by atoms with Crippen LogP contribution in [0.2, 0.25) is 0 Å². The monoisotopic (exact) mass is 440 g/mol. The summed E-state index contributed by atoms with van der Waals surface area (Å²) in [5.41, 5.74) is 3.33. The van der Waals surface area contributed by atoms with Crippen LogP contribution in [0, 0.1) is 27.7 Å². The summed E-state index contributed by atoms with van der Waals surface area (Å²) >= 11 is 0. The smallest absolute Gasteiger partial charge is 0.291 e. The predicted octanol–water partition coefficient (Wildman–Crippen LogP) is 4.23. The van der Waals surface area contributed by atoms with Crippen LogP contribution in [-0.2, 0) is 10.0 Å². The van der Waals surface area contributed by atoms with Crippen molar-refractivity contribution in [1.82, 2.24) is 4.31 Å². The minimum atomic E-state index is -4.06. The van der Waals surface area contributed by atoms with Crippen molar-refractivity contribution in [3.63, 3.8) is 0 Å². The third-order valence-corrected chi connectivity index (χ3v) is 7.03. The van der Waals surface area contributed by atoms with E-state index in [-0.39, 0.29) is 16.2 Å². The number of benzene rings is 2. The van der Waals surface area contributed by atoms with Crippen molar-refractivity contribution < 1.29 is 22.4 Å². The van der Waals surface area contributed by atoms with Crippen LogP contribution in [0.4, 0.5) is 5.69 Å². The van der Waals surface area contributed by atoms with Crippen LogP contribution in [0.1, 0.15) is 43.2 Å². The number of amides is 2. The zero-order chi connectivity index (χ0) is 22.9. The number of carbonyl (C=O) groups is 2. The molecule has 162 valence electrons. The Labute approximate surface area is 181 Å². The largest absolute Gasteiger partial charge is 0.459 e. The average Bonchev–Trinajstić information content (AvgIpc) is 3.22. The summed E-state index contributed by atoms with van der Waals surface area (Å²) in [5.74, 6) is -1.04. The lowest BCUT2D eigenvalue weighted by molar-refractivity contribution is 0.0882. The summed E-state index contributed by atoms with van der Waals surface area (Å²) in [6.07, 6.45) is 1.39. The predicted molar refractivity (Wildman–Crippen MR) is 118 cm³/mol. The molecule has 0 saturated carbocycles. The topological polar surface area (TPSA) is 96.7 Å². The fourth-order valence-electron chi connectivity index (χ4n) is 3.48. The molecule has 1 aromatic heterocycles. The first-order chi connectivity index (χ1) is 14.5. The minimum Gasteiger partial charge on any atom is -0.459 e. The highest BCUT2D eigenvalue weighted by molar-refractivity contribution is 7.89. The maximum absolute atomic E-state index is 13.2. The molecule has 31 heavy (non-hydrogen) atoms. The van der Waals surface area contributed by atoms with E-state index in [0.717, 1.165) is 9.87 Å². The molecule has 0 aliphatic heterocycles. The fraction of sp³-hybridized carbons (Fsp3) is 0.217. The molecule has 8 heteroatoms. The molecule has 0 unspecified atom stereocenters. The number of aryl methyl sites for hydroxylation is 4. The van der Waals surface area contributed by atoms with Crippen molar-refractivity contribution in [1.29, 1.82) is 0 Å². The number of hydrogen-bond donors (Lipinski definition) is 1. The second kappa shape index (κ2) is 8.39. The van der Waals surface area contributed by atoms with Crippen LogP contribution in [0.3, 0.4) is 0 Å². The first-order valence-electron chi connectivity index (χ1n) is 9.59. The van der Waals surface area contributed by atoms with Gasteiger partial charge in [-0.3, -0.25) is 9.59 Å². The number of anilines is 1. The van der Waals surface area contributed by atoms with Gasteiger partial charge in [0.05, 0.1) is 11.2 Å². The summed E-state index contributed by atoms with van der Waals surface area (Å²) in [4.78, 5) is 25.5. The van der Waals surface area contributed by atoms with E-state index in [1.165, 1.54) is 31.5 Å². The Morgan fingerprint density at radius 3 is 2.16 bits per heavy atom. The number of nitrogens with zero attached hydrogens (tertiary/aromatic N) is 1. The van der Waals surface area contributed by atoms with E-state index in [1.807, 2.05) is 6.92 Å². The van der Waals surface area contributed by atoms with Gasteiger partial charge in [-0.05, 0) is 68.7 Å². The van der Waals surface area contributed by atoms with Crippen molar-refractivity contribution in [2.45, 2.75) is 32.6 Å². The van der Waals surface area contributed by atoms with E-state index < -0.39 is 21.8 Å². The standard InChI is InChI=1S/C23H24N2O5S/c1-14-11-16(3)21(17(4)12-14)31(28,29)25(5)23(27)18-9-8-15(2)19(13-18)24-22(26)20-7-6-10-30-20/h6-13H,1-5H3,(H,24,26). The Hall–Kier alpha value is -3.39. The van der Waals surface area contributed by atoms with Gasteiger partial charge in [-0.1, -0.05) is 23.8 Å². The van der Waals surface area contributed by atoms with Crippen LogP contribution >= 0.6 is 0 Å². The zero-order valence-corrected chi connectivity index (χ0v) is 18.8. The fourth-order valence-corrected chi connectivity index (χ4v) is 5.01. The second-order valence-corrected chi connectivity index (χ2v) is 9.37. The van der Waals surface area contributed by atoms with Gasteiger partial charge in [0.15, 0.2) is 5.76 Å². The van der Waals surface area contributed by atoms with Crippen molar-refractivity contribution in [2.75, 3.05) is 12.4 Å². The van der Waals surface area contributed by atoms with E-state index in [9.17, 15) is 18.0 Å². The van der Waals surface area contributed by atoms with Gasteiger partial charge in [-0.2, -0.15) is 0 Å². The highest BCUT2D eigenvalue weighted by Gasteiger charge is 2.30. The summed E-state index contributed by atoms with van der Waals surface area (Å²) in [6, 6.07) is 11.3. The number of nitrogens with one attached hydrogen (secondary N) is 1. The number of carbonyl (C=O) groups excluding carboxylic acids is 2. The van der Waals surface area contributed by atoms with Gasteiger partial charge >= 0.3 is 0 Å². The Morgan fingerprint density at radius 2 is 1.58 bits per heavy atom. The number of sulfonamides is 1. The molecule has 3 aromatic rings. The van der Waals surface area contributed by atoms with Crippen molar-refractivity contribution in [3.8, 4) is 0 Å². The summed E-state index contributed by atoms with van der Waals surface area (Å²) in [5, 5.41) is 2.69. The molecule has 0 saturated heterocycles. The van der Waals surface area contributed by atoms with Gasteiger partial charge in [-0.15, -0.1) is 0 Å². The van der Waals surface area contributed by atoms with E-state index in [2.05, 4.69) is 5.32 Å². The van der Waals surface area contributed by atoms with Crippen LogP contribution in [-0.4, -0.2) is 31.6 Å². The van der Waals surface area contributed by atoms with E-state index in [0.29, 0.717) is 22.4 Å². The van der Waals surface area contributed by atoms with Gasteiger partial charge in [0.1, 0.15) is 0 Å². The zero-order valence-electron chi connectivity index (χ0n) is 18.0. The Kier molecular flexibility index (Phi) is 6.03. The van der Waals surface area contributed by atoms with Crippen LogP contribution in [0.15, 0.2) is 58.0 Å². The third kappa shape index (κ3) is 4.39. The average molecular weight is 441 g/mol. The highest BCUT2D eigenvalue weighted by atomic mass is 32.2. The van der Waals surface area contributed by atoms with Crippen molar-refractivity contribution in [3.05, 3.63) is 82.3 Å². The molecule has 1 N–H and O–H groups in total. The molecule has 0 spiro atoms. The Morgan fingerprint density at radius 1 is 0.935 bits per heavy atom. The third-order valence-electron chi connectivity index (χ3n) is 4.99. The maximum Gasteiger partial charge on any atom is 0.291 e. The molecular weight excluding hydrogens is 416 g/mol. The lowest BCUT2D eigenvalue weighted by Crippen LogP contribution is -2.34. The summed E-state index contributed by atoms with van der Waals surface area (Å²) in [6.45, 7) is 7.07. The number of rotatable bonds is 5. The molecule has 1 heterocycles. The molecule has 0 radical (unpaired) electrons. The molecule has 3 rings (SSSR count). The minimum absolute atomic E-state index is 0.118. The van der Waals surface area contributed by atoms with E-state index in [4.69, 9.17) is 4.42 Å². The molecule has 0 aliphatic rings. The quantitative estimate of drug-likeness (QED) is 0.641. The lowest BCUT2D eigenvalue weighted by Gasteiger charge is -2.21. The van der Waals surface area contributed by atoms with E-state index in [1.54, 1.807) is 45.0 Å². The molecule has 0 atom stereocenters. The van der Waals surface area contributed by atoms with E-state index >= 15 is 0 Å². The van der Waals surface area contributed by atoms with Crippen molar-refractivity contribution >= 4 is 27.5 Å². The Balaban J connectivity index is 1.93. The number of furan rings is 1. The van der Waals surface area contributed by atoms with Crippen LogP contribution in [0.25, 0.3) is 0 Å². The SMILES string of the molecule is Cc1cc(C)c(S(=O)(=O)N(C)C(=O)c2ccc(C)c(NC(=O)c3ccco3)c2)c(C)c1. The summed E-state index contributed by atoms with van der Waals surface area (Å²) in [7, 11) is -2.83. The molecular formula is C23H24N2O5S. The number of hydrogen-bond acceptors (Lipinski definition) is 5. The Bertz CT molecular complexity index is 1240. The molecule has 0 bridgehead atoms. The molecule has 2 aromatic carbocycles. The molecule has 7 nitrogen and oxygen atoms in total. The van der Waals surface area contributed by atoms with Gasteiger partial charge in [0.25, 0.3) is 21.8 Å². The molecule has 0 fully saturated rings. The second-order valence-electron chi connectivity index (χ2n) is 7.47. The molecule has 2 amide bonds. The van der Waals surface area contributed by atoms with Crippen LogP contribution < -0.4 is 5.32 Å². The first kappa shape index (κ1) is 22.3. The normalized spacial score (nSPS) is 11.3. The van der Waals surface area contributed by atoms with Gasteiger partial charge in [0, 0.05) is 18.3 Å². The van der Waals surface area contributed by atoms with Crippen LogP contribution in [0.5, 0.6) is 0 Å².